The number of pyridine rings is 1. The predicted octanol–water partition coefficient (Wildman–Crippen LogP) is 3.88. The van der Waals surface area contributed by atoms with Crippen LogP contribution in [-0.2, 0) is 16.1 Å². The highest BCUT2D eigenvalue weighted by Gasteiger charge is 2.26. The van der Waals surface area contributed by atoms with Gasteiger partial charge in [-0.3, -0.25) is 9.59 Å². The van der Waals surface area contributed by atoms with Gasteiger partial charge in [0, 0.05) is 43.7 Å². The van der Waals surface area contributed by atoms with E-state index >= 15 is 0 Å². The smallest absolute Gasteiger partial charge is 0.243 e. The summed E-state index contributed by atoms with van der Waals surface area (Å²) in [6.07, 6.45) is 6.75. The number of carbonyl (C=O) groups excluding carboxylic acids is 2. The molecule has 0 spiro atoms. The van der Waals surface area contributed by atoms with Crippen LogP contribution in [0.25, 0.3) is 0 Å². The Labute approximate surface area is 189 Å². The predicted molar refractivity (Wildman–Crippen MR) is 124 cm³/mol. The fourth-order valence-corrected chi connectivity index (χ4v) is 4.43. The van der Waals surface area contributed by atoms with Crippen molar-refractivity contribution < 1.29 is 14.3 Å². The minimum absolute atomic E-state index is 0.0806. The number of carbonyl (C=O) groups is 2. The maximum atomic E-state index is 13.1. The maximum absolute atomic E-state index is 13.1. The van der Waals surface area contributed by atoms with Crippen LogP contribution in [0.15, 0.2) is 42.6 Å². The molecule has 1 N–H and O–H groups in total. The summed E-state index contributed by atoms with van der Waals surface area (Å²) in [5.41, 5.74) is 1.54. The zero-order chi connectivity index (χ0) is 22.3. The van der Waals surface area contributed by atoms with Crippen LogP contribution in [0.4, 0.5) is 5.69 Å². The lowest BCUT2D eigenvalue weighted by molar-refractivity contribution is -0.125. The molecule has 0 aliphatic carbocycles. The molecule has 170 valence electrons. The molecule has 0 bridgehead atoms. The van der Waals surface area contributed by atoms with Crippen molar-refractivity contribution >= 4 is 17.5 Å². The first-order valence-corrected chi connectivity index (χ1v) is 11.6. The fourth-order valence-electron chi connectivity index (χ4n) is 4.43. The molecular formula is C25H32N4O3. The molecule has 1 aromatic carbocycles. The van der Waals surface area contributed by atoms with E-state index in [-0.39, 0.29) is 24.7 Å². The lowest BCUT2D eigenvalue weighted by Gasteiger charge is -2.33. The average Bonchev–Trinajstić information content (AvgIpc) is 2.98. The minimum Gasteiger partial charge on any atom is -0.437 e. The van der Waals surface area contributed by atoms with E-state index in [0.717, 1.165) is 25.1 Å². The second-order valence-electron chi connectivity index (χ2n) is 8.60. The Morgan fingerprint density at radius 1 is 1.16 bits per heavy atom. The van der Waals surface area contributed by atoms with E-state index in [9.17, 15) is 9.59 Å². The summed E-state index contributed by atoms with van der Waals surface area (Å²) in [6.45, 7) is 5.49. The van der Waals surface area contributed by atoms with Crippen molar-refractivity contribution in [3.05, 3.63) is 48.2 Å². The number of ether oxygens (including phenoxy) is 1. The van der Waals surface area contributed by atoms with Gasteiger partial charge in [-0.15, -0.1) is 0 Å². The van der Waals surface area contributed by atoms with E-state index in [1.165, 1.54) is 19.3 Å². The molecule has 1 atom stereocenters. The van der Waals surface area contributed by atoms with Gasteiger partial charge in [0.1, 0.15) is 11.4 Å². The van der Waals surface area contributed by atoms with E-state index < -0.39 is 0 Å². The monoisotopic (exact) mass is 436 g/mol. The molecule has 2 aliphatic heterocycles. The second-order valence-corrected chi connectivity index (χ2v) is 8.60. The van der Waals surface area contributed by atoms with Gasteiger partial charge in [-0.25, -0.2) is 4.98 Å². The van der Waals surface area contributed by atoms with E-state index in [1.54, 1.807) is 17.2 Å². The summed E-state index contributed by atoms with van der Waals surface area (Å²) >= 11 is 0. The molecule has 1 aromatic heterocycles. The van der Waals surface area contributed by atoms with Crippen LogP contribution in [0.2, 0.25) is 0 Å². The number of hydrogen-bond donors (Lipinski definition) is 1. The highest BCUT2D eigenvalue weighted by atomic mass is 16.5. The van der Waals surface area contributed by atoms with Crippen molar-refractivity contribution in [3.63, 3.8) is 0 Å². The van der Waals surface area contributed by atoms with Gasteiger partial charge in [-0.05, 0) is 50.9 Å². The molecule has 2 amide bonds. The standard InChI is InChI=1S/C25H32N4O3/c1-19-8-4-5-16-28(19)17-7-15-26-23(30)12-13-24(31)29-18-20-9-2-3-11-22(20)32-25-21(29)10-6-14-27-25/h2-3,6,9-11,14,19H,4-5,7-8,12-13,15-18H2,1H3,(H,26,30)/t19-/m0/s1. The molecule has 3 heterocycles. The normalized spacial score (nSPS) is 18.2. The molecule has 1 fully saturated rings. The number of nitrogens with zero attached hydrogens (tertiary/aromatic N) is 3. The summed E-state index contributed by atoms with van der Waals surface area (Å²) in [4.78, 5) is 33.9. The quantitative estimate of drug-likeness (QED) is 0.667. The van der Waals surface area contributed by atoms with Gasteiger partial charge in [0.2, 0.25) is 17.7 Å². The van der Waals surface area contributed by atoms with Crippen molar-refractivity contribution in [2.24, 2.45) is 0 Å². The van der Waals surface area contributed by atoms with Gasteiger partial charge in [-0.2, -0.15) is 0 Å². The first-order valence-electron chi connectivity index (χ1n) is 11.6. The van der Waals surface area contributed by atoms with Crippen molar-refractivity contribution in [2.75, 3.05) is 24.5 Å². The maximum Gasteiger partial charge on any atom is 0.243 e. The third-order valence-electron chi connectivity index (χ3n) is 6.30. The van der Waals surface area contributed by atoms with Crippen molar-refractivity contribution in [2.45, 2.75) is 58.0 Å². The van der Waals surface area contributed by atoms with E-state index in [4.69, 9.17) is 4.74 Å². The molecule has 7 heteroatoms. The molecule has 7 nitrogen and oxygen atoms in total. The highest BCUT2D eigenvalue weighted by molar-refractivity contribution is 5.96. The number of piperidine rings is 1. The van der Waals surface area contributed by atoms with E-state index in [0.29, 0.717) is 36.4 Å². The number of para-hydroxylation sites is 1. The Morgan fingerprint density at radius 2 is 2.03 bits per heavy atom. The molecule has 0 radical (unpaired) electrons. The Morgan fingerprint density at radius 3 is 2.91 bits per heavy atom. The summed E-state index contributed by atoms with van der Waals surface area (Å²) in [7, 11) is 0. The zero-order valence-electron chi connectivity index (χ0n) is 18.8. The van der Waals surface area contributed by atoms with Gasteiger partial charge in [0.15, 0.2) is 0 Å². The molecular weight excluding hydrogens is 404 g/mol. The Balaban J connectivity index is 1.28. The Kier molecular flexibility index (Phi) is 7.37. The number of fused-ring (bicyclic) bond motifs is 2. The number of aromatic nitrogens is 1. The van der Waals surface area contributed by atoms with Crippen molar-refractivity contribution in [1.29, 1.82) is 0 Å². The number of nitrogens with one attached hydrogen (secondary N) is 1. The average molecular weight is 437 g/mol. The first-order chi connectivity index (χ1) is 15.6. The van der Waals surface area contributed by atoms with Crippen LogP contribution in [0.3, 0.4) is 0 Å². The van der Waals surface area contributed by atoms with Crippen molar-refractivity contribution in [3.8, 4) is 11.6 Å². The Hall–Kier alpha value is -2.93. The van der Waals surface area contributed by atoms with Gasteiger partial charge in [-0.1, -0.05) is 24.6 Å². The summed E-state index contributed by atoms with van der Waals surface area (Å²) in [6, 6.07) is 11.9. The van der Waals surface area contributed by atoms with Crippen LogP contribution in [0.1, 0.15) is 51.0 Å². The number of benzene rings is 1. The molecule has 4 rings (SSSR count). The number of rotatable bonds is 7. The highest BCUT2D eigenvalue weighted by Crippen LogP contribution is 2.37. The zero-order valence-corrected chi connectivity index (χ0v) is 18.8. The molecule has 32 heavy (non-hydrogen) atoms. The van der Waals surface area contributed by atoms with Gasteiger partial charge in [0.25, 0.3) is 0 Å². The summed E-state index contributed by atoms with van der Waals surface area (Å²) in [5.74, 6) is 0.908. The van der Waals surface area contributed by atoms with E-state index in [1.807, 2.05) is 30.3 Å². The SMILES string of the molecule is C[C@H]1CCCCN1CCCNC(=O)CCC(=O)N1Cc2ccccc2Oc2ncccc21. The summed E-state index contributed by atoms with van der Waals surface area (Å²) in [5, 5.41) is 2.97. The summed E-state index contributed by atoms with van der Waals surface area (Å²) < 4.78 is 5.94. The molecule has 2 aromatic rings. The Bertz CT molecular complexity index is 948. The van der Waals surface area contributed by atoms with Gasteiger partial charge >= 0.3 is 0 Å². The van der Waals surface area contributed by atoms with Crippen molar-refractivity contribution in [1.82, 2.24) is 15.2 Å². The third kappa shape index (κ3) is 5.46. The van der Waals surface area contributed by atoms with Crippen LogP contribution >= 0.6 is 0 Å². The second kappa shape index (κ2) is 10.6. The minimum atomic E-state index is -0.114. The van der Waals surface area contributed by atoms with Crippen LogP contribution in [-0.4, -0.2) is 47.4 Å². The van der Waals surface area contributed by atoms with Crippen LogP contribution < -0.4 is 15.0 Å². The molecule has 0 saturated carbocycles. The van der Waals surface area contributed by atoms with Gasteiger partial charge < -0.3 is 19.9 Å². The molecule has 2 aliphatic rings. The molecule has 1 saturated heterocycles. The number of hydrogen-bond acceptors (Lipinski definition) is 5. The van der Waals surface area contributed by atoms with E-state index in [2.05, 4.69) is 22.1 Å². The number of likely N-dealkylation sites (tertiary alicyclic amines) is 1. The number of anilines is 1. The number of amides is 2. The third-order valence-corrected chi connectivity index (χ3v) is 6.30. The largest absolute Gasteiger partial charge is 0.437 e. The van der Waals surface area contributed by atoms with Gasteiger partial charge in [0.05, 0.1) is 6.54 Å². The van der Waals surface area contributed by atoms with Crippen LogP contribution in [0.5, 0.6) is 11.6 Å². The topological polar surface area (TPSA) is 74.8 Å². The lowest BCUT2D eigenvalue weighted by Crippen LogP contribution is -2.39. The fraction of sp³-hybridized carbons (Fsp3) is 0.480. The van der Waals surface area contributed by atoms with Crippen LogP contribution in [0, 0.1) is 0 Å². The first kappa shape index (κ1) is 22.3. The molecule has 0 unspecified atom stereocenters. The lowest BCUT2D eigenvalue weighted by atomic mass is 10.0.